The number of amides is 1. The Morgan fingerprint density at radius 2 is 1.62 bits per heavy atom. The van der Waals surface area contributed by atoms with E-state index in [9.17, 15) is 14.7 Å². The second-order valence-electron chi connectivity index (χ2n) is 9.27. The fourth-order valence-corrected chi connectivity index (χ4v) is 4.55. The fraction of sp³-hybridized carbons (Fsp3) is 0.312. The highest BCUT2D eigenvalue weighted by Crippen LogP contribution is 2.42. The first-order valence-corrected chi connectivity index (χ1v) is 13.4. The van der Waals surface area contributed by atoms with E-state index in [1.165, 1.54) is 12.0 Å². The molecule has 1 atom stereocenters. The average Bonchev–Trinajstić information content (AvgIpc) is 3.23. The molecule has 1 amide bonds. The van der Waals surface area contributed by atoms with Gasteiger partial charge in [0.1, 0.15) is 18.1 Å². The summed E-state index contributed by atoms with van der Waals surface area (Å²) in [6.45, 7) is 5.59. The second kappa shape index (κ2) is 13.7. The van der Waals surface area contributed by atoms with Crippen LogP contribution in [0.3, 0.4) is 0 Å². The number of hydrogen-bond donors (Lipinski definition) is 1. The first-order valence-electron chi connectivity index (χ1n) is 13.4. The molecule has 210 valence electrons. The predicted octanol–water partition coefficient (Wildman–Crippen LogP) is 5.52. The van der Waals surface area contributed by atoms with E-state index in [0.29, 0.717) is 48.2 Å². The highest BCUT2D eigenvalue weighted by atomic mass is 16.5. The van der Waals surface area contributed by atoms with Crippen molar-refractivity contribution in [2.75, 3.05) is 33.5 Å². The summed E-state index contributed by atoms with van der Waals surface area (Å²) in [4.78, 5) is 27.9. The van der Waals surface area contributed by atoms with Gasteiger partial charge in [0.05, 0.1) is 31.4 Å². The molecule has 1 aliphatic heterocycles. The summed E-state index contributed by atoms with van der Waals surface area (Å²) in [5.74, 6) is -0.0478. The van der Waals surface area contributed by atoms with Gasteiger partial charge in [0, 0.05) is 19.2 Å². The minimum Gasteiger partial charge on any atom is -0.507 e. The van der Waals surface area contributed by atoms with Crippen molar-refractivity contribution < 1.29 is 33.6 Å². The lowest BCUT2D eigenvalue weighted by Gasteiger charge is -2.26. The Hall–Kier alpha value is -4.30. The van der Waals surface area contributed by atoms with Crippen LogP contribution in [-0.4, -0.2) is 55.2 Å². The number of hydrogen-bond acceptors (Lipinski definition) is 7. The number of ether oxygens (including phenoxy) is 4. The molecule has 1 saturated heterocycles. The Kier molecular flexibility index (Phi) is 9.81. The number of ketones is 1. The molecule has 1 fully saturated rings. The van der Waals surface area contributed by atoms with Crippen molar-refractivity contribution in [1.29, 1.82) is 0 Å². The first kappa shape index (κ1) is 28.7. The molecule has 0 bridgehead atoms. The number of aliphatic hydroxyl groups excluding tert-OH is 1. The molecule has 1 aliphatic rings. The van der Waals surface area contributed by atoms with Gasteiger partial charge in [-0.05, 0) is 60.9 Å². The fourth-order valence-electron chi connectivity index (χ4n) is 4.55. The number of aliphatic hydroxyl groups is 1. The van der Waals surface area contributed by atoms with Gasteiger partial charge in [-0.3, -0.25) is 9.59 Å². The third-order valence-electron chi connectivity index (χ3n) is 6.50. The molecule has 0 spiro atoms. The summed E-state index contributed by atoms with van der Waals surface area (Å²) in [6.07, 6.45) is 0.868. The van der Waals surface area contributed by atoms with Crippen LogP contribution in [0, 0.1) is 0 Å². The average molecular weight is 546 g/mol. The Labute approximate surface area is 234 Å². The lowest BCUT2D eigenvalue weighted by Crippen LogP contribution is -2.32. The third kappa shape index (κ3) is 6.46. The molecule has 1 unspecified atom stereocenters. The van der Waals surface area contributed by atoms with Crippen LogP contribution in [0.1, 0.15) is 43.0 Å². The van der Waals surface area contributed by atoms with E-state index in [2.05, 4.69) is 0 Å². The van der Waals surface area contributed by atoms with Gasteiger partial charge in [0.2, 0.25) is 0 Å². The Morgan fingerprint density at radius 1 is 0.875 bits per heavy atom. The number of nitrogens with zero attached hydrogens (tertiary/aromatic N) is 1. The van der Waals surface area contributed by atoms with Crippen molar-refractivity contribution in [2.24, 2.45) is 0 Å². The predicted molar refractivity (Wildman–Crippen MR) is 151 cm³/mol. The van der Waals surface area contributed by atoms with Gasteiger partial charge in [-0.1, -0.05) is 43.3 Å². The van der Waals surface area contributed by atoms with Gasteiger partial charge in [-0.2, -0.15) is 0 Å². The van der Waals surface area contributed by atoms with E-state index in [-0.39, 0.29) is 24.5 Å². The molecule has 40 heavy (non-hydrogen) atoms. The van der Waals surface area contributed by atoms with Crippen LogP contribution in [0.4, 0.5) is 0 Å². The number of carbonyl (C=O) groups excluding carboxylic acids is 2. The highest BCUT2D eigenvalue weighted by Gasteiger charge is 2.46. The van der Waals surface area contributed by atoms with Gasteiger partial charge in [0.15, 0.2) is 11.5 Å². The molecule has 0 saturated carbocycles. The topological polar surface area (TPSA) is 94.5 Å². The van der Waals surface area contributed by atoms with Crippen LogP contribution in [0.25, 0.3) is 5.76 Å². The minimum atomic E-state index is -0.839. The van der Waals surface area contributed by atoms with Crippen molar-refractivity contribution in [3.63, 3.8) is 0 Å². The normalized spacial score (nSPS) is 16.3. The van der Waals surface area contributed by atoms with Crippen LogP contribution in [0.5, 0.6) is 17.2 Å². The number of carbonyl (C=O) groups is 2. The summed E-state index contributed by atoms with van der Waals surface area (Å²) >= 11 is 0. The van der Waals surface area contributed by atoms with Gasteiger partial charge in [-0.15, -0.1) is 0 Å². The van der Waals surface area contributed by atoms with Crippen LogP contribution < -0.4 is 14.2 Å². The second-order valence-corrected chi connectivity index (χ2v) is 9.27. The van der Waals surface area contributed by atoms with E-state index < -0.39 is 17.7 Å². The van der Waals surface area contributed by atoms with Crippen LogP contribution in [0.15, 0.2) is 78.4 Å². The Morgan fingerprint density at radius 3 is 2.30 bits per heavy atom. The smallest absolute Gasteiger partial charge is 0.295 e. The number of benzene rings is 3. The van der Waals surface area contributed by atoms with Crippen LogP contribution in [-0.2, 0) is 20.9 Å². The summed E-state index contributed by atoms with van der Waals surface area (Å²) < 4.78 is 22.8. The summed E-state index contributed by atoms with van der Waals surface area (Å²) in [6, 6.07) is 21.0. The van der Waals surface area contributed by atoms with Crippen molar-refractivity contribution in [1.82, 2.24) is 4.90 Å². The maximum atomic E-state index is 13.3. The minimum absolute atomic E-state index is 0.00346. The molecule has 4 rings (SSSR count). The molecule has 3 aromatic carbocycles. The quantitative estimate of drug-likeness (QED) is 0.172. The van der Waals surface area contributed by atoms with E-state index in [4.69, 9.17) is 18.9 Å². The number of rotatable bonds is 13. The molecular weight excluding hydrogens is 510 g/mol. The van der Waals surface area contributed by atoms with Crippen molar-refractivity contribution in [3.05, 3.63) is 95.1 Å². The molecule has 0 radical (unpaired) electrons. The SMILES string of the molecule is CCCOc1ccc(C(O)=C2C(=O)C(=O)N(CCOC)C2c2ccc(OCc3ccccc3)c(OCC)c2)cc1. The number of likely N-dealkylation sites (tertiary alicyclic amines) is 1. The van der Waals surface area contributed by atoms with Gasteiger partial charge >= 0.3 is 0 Å². The zero-order valence-electron chi connectivity index (χ0n) is 23.1. The van der Waals surface area contributed by atoms with E-state index in [1.807, 2.05) is 44.2 Å². The molecule has 0 aromatic heterocycles. The lowest BCUT2D eigenvalue weighted by atomic mass is 9.95. The van der Waals surface area contributed by atoms with Gasteiger partial charge in [0.25, 0.3) is 11.7 Å². The monoisotopic (exact) mass is 545 g/mol. The molecule has 8 heteroatoms. The lowest BCUT2D eigenvalue weighted by molar-refractivity contribution is -0.140. The molecule has 3 aromatic rings. The summed E-state index contributed by atoms with van der Waals surface area (Å²) in [5, 5.41) is 11.3. The van der Waals surface area contributed by atoms with Crippen LogP contribution in [0.2, 0.25) is 0 Å². The Balaban J connectivity index is 1.73. The van der Waals surface area contributed by atoms with Gasteiger partial charge in [-0.25, -0.2) is 0 Å². The zero-order valence-corrected chi connectivity index (χ0v) is 23.1. The molecule has 1 heterocycles. The largest absolute Gasteiger partial charge is 0.507 e. The molecule has 0 aliphatic carbocycles. The van der Waals surface area contributed by atoms with E-state index in [1.54, 1.807) is 42.5 Å². The molecule has 1 N–H and O–H groups in total. The summed E-state index contributed by atoms with van der Waals surface area (Å²) in [5.41, 5.74) is 2.03. The van der Waals surface area contributed by atoms with E-state index in [0.717, 1.165) is 12.0 Å². The third-order valence-corrected chi connectivity index (χ3v) is 6.50. The first-order chi connectivity index (χ1) is 19.5. The van der Waals surface area contributed by atoms with Gasteiger partial charge < -0.3 is 29.0 Å². The maximum absolute atomic E-state index is 13.3. The van der Waals surface area contributed by atoms with Crippen molar-refractivity contribution >= 4 is 17.4 Å². The maximum Gasteiger partial charge on any atom is 0.295 e. The number of Topliss-reactive ketones (excluding diaryl/α,β-unsaturated/α-hetero) is 1. The number of methoxy groups -OCH3 is 1. The Bertz CT molecular complexity index is 1340. The summed E-state index contributed by atoms with van der Waals surface area (Å²) in [7, 11) is 1.53. The zero-order chi connectivity index (χ0) is 28.5. The molecule has 8 nitrogen and oxygen atoms in total. The van der Waals surface area contributed by atoms with Crippen molar-refractivity contribution in [3.8, 4) is 17.2 Å². The highest BCUT2D eigenvalue weighted by molar-refractivity contribution is 6.46. The molecular formula is C32H35NO7. The van der Waals surface area contributed by atoms with Crippen molar-refractivity contribution in [2.45, 2.75) is 32.9 Å². The standard InChI is InChI=1S/C32H35NO7/c1-4-18-39-25-14-11-23(12-15-25)30(34)28-29(33(17-19-37-3)32(36)31(28)35)24-13-16-26(27(20-24)38-5-2)40-21-22-9-7-6-8-10-22/h6-16,20,29,34H,4-5,17-19,21H2,1-3H3. The van der Waals surface area contributed by atoms with E-state index >= 15 is 0 Å². The van der Waals surface area contributed by atoms with Crippen LogP contribution >= 0.6 is 0 Å².